The van der Waals surface area contributed by atoms with E-state index in [1.807, 2.05) is 0 Å². The van der Waals surface area contributed by atoms with Crippen molar-refractivity contribution in [2.75, 3.05) is 13.1 Å². The highest BCUT2D eigenvalue weighted by atomic mass is 35.5. The Hall–Kier alpha value is -0.0800. The van der Waals surface area contributed by atoms with Gasteiger partial charge in [0.05, 0.1) is 0 Å². The lowest BCUT2D eigenvalue weighted by atomic mass is 10.1. The summed E-state index contributed by atoms with van der Waals surface area (Å²) in [4.78, 5) is 10.4. The minimum atomic E-state index is -0.226. The van der Waals surface area contributed by atoms with E-state index < -0.39 is 0 Å². The van der Waals surface area contributed by atoms with Gasteiger partial charge in [-0.15, -0.1) is 0 Å². The van der Waals surface area contributed by atoms with Crippen molar-refractivity contribution in [3.05, 3.63) is 0 Å². The summed E-state index contributed by atoms with van der Waals surface area (Å²) in [5.74, 6) is 0. The molecule has 0 aliphatic heterocycles. The second-order valence-corrected chi connectivity index (χ2v) is 4.40. The summed E-state index contributed by atoms with van der Waals surface area (Å²) in [6.07, 6.45) is 9.33. The van der Waals surface area contributed by atoms with E-state index in [4.69, 9.17) is 11.6 Å². The first-order chi connectivity index (χ1) is 7.27. The standard InChI is InChI=1S/C12H24ClNO/c1-2-3-4-5-6-7-10-14-11-8-9-12(13)15/h14H,2-11H2,1H3. The molecule has 0 aliphatic rings. The van der Waals surface area contributed by atoms with Crippen LogP contribution in [-0.4, -0.2) is 18.3 Å². The predicted molar refractivity (Wildman–Crippen MR) is 66.3 cm³/mol. The molecule has 0 aromatic heterocycles. The van der Waals surface area contributed by atoms with Gasteiger partial charge in [-0.05, 0) is 37.5 Å². The zero-order chi connectivity index (χ0) is 11.4. The van der Waals surface area contributed by atoms with Gasteiger partial charge in [0, 0.05) is 6.42 Å². The third kappa shape index (κ3) is 13.9. The van der Waals surface area contributed by atoms with E-state index in [2.05, 4.69) is 12.2 Å². The zero-order valence-corrected chi connectivity index (χ0v) is 10.6. The maximum Gasteiger partial charge on any atom is 0.221 e. The smallest absolute Gasteiger partial charge is 0.221 e. The molecule has 0 spiro atoms. The Morgan fingerprint density at radius 1 is 1.00 bits per heavy atom. The van der Waals surface area contributed by atoms with Crippen LogP contribution in [0, 0.1) is 0 Å². The Morgan fingerprint density at radius 3 is 2.27 bits per heavy atom. The largest absolute Gasteiger partial charge is 0.317 e. The Bertz CT molecular complexity index is 151. The first-order valence-corrected chi connectivity index (χ1v) is 6.54. The fourth-order valence-electron chi connectivity index (χ4n) is 1.51. The van der Waals surface area contributed by atoms with Crippen LogP contribution in [0.2, 0.25) is 0 Å². The van der Waals surface area contributed by atoms with E-state index in [1.165, 1.54) is 38.5 Å². The molecule has 0 fully saturated rings. The molecule has 0 bridgehead atoms. The second-order valence-electron chi connectivity index (χ2n) is 3.98. The highest BCUT2D eigenvalue weighted by molar-refractivity contribution is 6.63. The van der Waals surface area contributed by atoms with Crippen LogP contribution in [-0.2, 0) is 4.79 Å². The molecule has 2 nitrogen and oxygen atoms in total. The quantitative estimate of drug-likeness (QED) is 0.437. The molecule has 0 saturated carbocycles. The number of halogens is 1. The summed E-state index contributed by atoms with van der Waals surface area (Å²) in [6, 6.07) is 0. The SMILES string of the molecule is CCCCCCCCNCCCC(=O)Cl. The fraction of sp³-hybridized carbons (Fsp3) is 0.917. The number of rotatable bonds is 11. The maximum absolute atomic E-state index is 10.4. The molecule has 0 atom stereocenters. The summed E-state index contributed by atoms with van der Waals surface area (Å²) < 4.78 is 0. The van der Waals surface area contributed by atoms with Gasteiger partial charge in [0.15, 0.2) is 0 Å². The normalized spacial score (nSPS) is 10.5. The monoisotopic (exact) mass is 233 g/mol. The molecule has 0 aromatic rings. The molecule has 90 valence electrons. The number of carbonyl (C=O) groups excluding carboxylic acids is 1. The molecule has 3 heteroatoms. The fourth-order valence-corrected chi connectivity index (χ4v) is 1.64. The third-order valence-corrected chi connectivity index (χ3v) is 2.62. The van der Waals surface area contributed by atoms with Crippen LogP contribution in [0.3, 0.4) is 0 Å². The maximum atomic E-state index is 10.4. The van der Waals surface area contributed by atoms with Crippen LogP contribution in [0.25, 0.3) is 0 Å². The molecular weight excluding hydrogens is 210 g/mol. The highest BCUT2D eigenvalue weighted by Gasteiger charge is 1.95. The zero-order valence-electron chi connectivity index (χ0n) is 9.86. The Morgan fingerprint density at radius 2 is 1.60 bits per heavy atom. The molecule has 15 heavy (non-hydrogen) atoms. The van der Waals surface area contributed by atoms with Gasteiger partial charge in [0.2, 0.25) is 5.24 Å². The first-order valence-electron chi connectivity index (χ1n) is 6.16. The average Bonchev–Trinajstić information content (AvgIpc) is 2.20. The number of hydrogen-bond acceptors (Lipinski definition) is 2. The Balaban J connectivity index is 2.89. The molecule has 0 aromatic carbocycles. The summed E-state index contributed by atoms with van der Waals surface area (Å²) in [6.45, 7) is 4.22. The van der Waals surface area contributed by atoms with Crippen LogP contribution >= 0.6 is 11.6 Å². The van der Waals surface area contributed by atoms with Crippen molar-refractivity contribution in [3.63, 3.8) is 0 Å². The molecule has 0 aliphatic carbocycles. The molecule has 1 N–H and O–H groups in total. The number of unbranched alkanes of at least 4 members (excludes halogenated alkanes) is 5. The minimum Gasteiger partial charge on any atom is -0.317 e. The minimum absolute atomic E-state index is 0.226. The van der Waals surface area contributed by atoms with E-state index >= 15 is 0 Å². The van der Waals surface area contributed by atoms with Gasteiger partial charge in [-0.3, -0.25) is 4.79 Å². The van der Waals surface area contributed by atoms with Crippen molar-refractivity contribution in [2.24, 2.45) is 0 Å². The number of carbonyl (C=O) groups is 1. The number of hydrogen-bond donors (Lipinski definition) is 1. The average molecular weight is 234 g/mol. The molecule has 0 saturated heterocycles. The Kier molecular flexibility index (Phi) is 11.9. The molecule has 0 amide bonds. The molecule has 0 heterocycles. The van der Waals surface area contributed by atoms with Crippen LogP contribution in [0.1, 0.15) is 58.3 Å². The topological polar surface area (TPSA) is 29.1 Å². The van der Waals surface area contributed by atoms with Crippen LogP contribution in [0.4, 0.5) is 0 Å². The summed E-state index contributed by atoms with van der Waals surface area (Å²) in [7, 11) is 0. The van der Waals surface area contributed by atoms with Crippen molar-refractivity contribution in [1.82, 2.24) is 5.32 Å². The van der Waals surface area contributed by atoms with E-state index in [1.54, 1.807) is 0 Å². The van der Waals surface area contributed by atoms with Crippen LogP contribution in [0.15, 0.2) is 0 Å². The van der Waals surface area contributed by atoms with E-state index in [9.17, 15) is 4.79 Å². The van der Waals surface area contributed by atoms with Gasteiger partial charge in [-0.25, -0.2) is 0 Å². The molecule has 0 unspecified atom stereocenters. The molecule has 0 rings (SSSR count). The van der Waals surface area contributed by atoms with Crippen LogP contribution < -0.4 is 5.32 Å². The van der Waals surface area contributed by atoms with Gasteiger partial charge < -0.3 is 5.32 Å². The lowest BCUT2D eigenvalue weighted by Gasteiger charge is -2.03. The van der Waals surface area contributed by atoms with Gasteiger partial charge in [0.25, 0.3) is 0 Å². The van der Waals surface area contributed by atoms with Gasteiger partial charge in [-0.2, -0.15) is 0 Å². The third-order valence-electron chi connectivity index (χ3n) is 2.43. The van der Waals surface area contributed by atoms with Gasteiger partial charge in [-0.1, -0.05) is 39.0 Å². The van der Waals surface area contributed by atoms with Crippen molar-refractivity contribution < 1.29 is 4.79 Å². The molecule has 0 radical (unpaired) electrons. The summed E-state index contributed by atoms with van der Waals surface area (Å²) in [5, 5.41) is 3.10. The van der Waals surface area contributed by atoms with Crippen molar-refractivity contribution in [3.8, 4) is 0 Å². The first kappa shape index (κ1) is 14.9. The van der Waals surface area contributed by atoms with E-state index in [0.717, 1.165) is 19.5 Å². The van der Waals surface area contributed by atoms with Crippen LogP contribution in [0.5, 0.6) is 0 Å². The van der Waals surface area contributed by atoms with Gasteiger partial charge >= 0.3 is 0 Å². The van der Waals surface area contributed by atoms with E-state index in [0.29, 0.717) is 6.42 Å². The van der Waals surface area contributed by atoms with E-state index in [-0.39, 0.29) is 5.24 Å². The predicted octanol–water partition coefficient (Wildman–Crippen LogP) is 3.48. The highest BCUT2D eigenvalue weighted by Crippen LogP contribution is 2.04. The van der Waals surface area contributed by atoms with Crippen molar-refractivity contribution in [1.29, 1.82) is 0 Å². The summed E-state index contributed by atoms with van der Waals surface area (Å²) >= 11 is 5.22. The van der Waals surface area contributed by atoms with Crippen molar-refractivity contribution >= 4 is 16.8 Å². The lowest BCUT2D eigenvalue weighted by Crippen LogP contribution is -2.17. The van der Waals surface area contributed by atoms with Crippen molar-refractivity contribution in [2.45, 2.75) is 58.3 Å². The molecular formula is C12H24ClNO. The summed E-state index contributed by atoms with van der Waals surface area (Å²) in [5.41, 5.74) is 0. The lowest BCUT2D eigenvalue weighted by molar-refractivity contribution is -0.111. The van der Waals surface area contributed by atoms with Gasteiger partial charge in [0.1, 0.15) is 0 Å². The number of nitrogens with one attached hydrogen (secondary N) is 1. The Labute approximate surface area is 98.8 Å². The second kappa shape index (κ2) is 12.0.